The third kappa shape index (κ3) is 4.94. The van der Waals surface area contributed by atoms with Crippen molar-refractivity contribution >= 4 is 11.8 Å². The van der Waals surface area contributed by atoms with E-state index in [1.54, 1.807) is 4.90 Å². The number of primary amides is 1. The highest BCUT2D eigenvalue weighted by Crippen LogP contribution is 2.16. The fourth-order valence-electron chi connectivity index (χ4n) is 2.92. The fraction of sp³-hybridized carbons (Fsp3) is 0.857. The largest absolute Gasteiger partial charge is 0.374 e. The average molecular weight is 298 g/mol. The van der Waals surface area contributed by atoms with Crippen LogP contribution >= 0.6 is 0 Å². The summed E-state index contributed by atoms with van der Waals surface area (Å²) in [6, 6.07) is 0. The number of carbonyl (C=O) groups excluding carboxylic acids is 2. The summed E-state index contributed by atoms with van der Waals surface area (Å²) in [6.45, 7) is 4.70. The van der Waals surface area contributed by atoms with Crippen molar-refractivity contribution in [1.82, 2.24) is 15.1 Å². The molecule has 0 spiro atoms. The van der Waals surface area contributed by atoms with Crippen LogP contribution in [0.25, 0.3) is 0 Å². The second kappa shape index (κ2) is 7.72. The molecule has 0 aromatic heterocycles. The maximum absolute atomic E-state index is 12.3. The summed E-state index contributed by atoms with van der Waals surface area (Å²) >= 11 is 0. The molecule has 0 aliphatic carbocycles. The normalized spacial score (nSPS) is 26.9. The van der Waals surface area contributed by atoms with Crippen LogP contribution in [0.15, 0.2) is 0 Å². The number of hydrogen-bond acceptors (Lipinski definition) is 5. The Morgan fingerprint density at radius 1 is 1.48 bits per heavy atom. The molecule has 2 saturated heterocycles. The Morgan fingerprint density at radius 2 is 2.29 bits per heavy atom. The van der Waals surface area contributed by atoms with Crippen LogP contribution in [0.2, 0.25) is 0 Å². The van der Waals surface area contributed by atoms with Gasteiger partial charge in [0, 0.05) is 32.7 Å². The Balaban J connectivity index is 1.75. The zero-order valence-corrected chi connectivity index (χ0v) is 12.7. The Kier molecular flexibility index (Phi) is 5.96. The van der Waals surface area contributed by atoms with Gasteiger partial charge in [0.1, 0.15) is 0 Å². The minimum Gasteiger partial charge on any atom is -0.374 e. The third-order valence-corrected chi connectivity index (χ3v) is 4.10. The molecule has 2 atom stereocenters. The maximum Gasteiger partial charge on any atom is 0.236 e. The summed E-state index contributed by atoms with van der Waals surface area (Å²) < 4.78 is 5.63. The third-order valence-electron chi connectivity index (χ3n) is 4.10. The first-order chi connectivity index (χ1) is 10.1. The molecule has 2 amide bonds. The summed E-state index contributed by atoms with van der Waals surface area (Å²) in [5, 5.41) is 3.28. The van der Waals surface area contributed by atoms with Gasteiger partial charge in [-0.25, -0.2) is 0 Å². The molecule has 0 aromatic carbocycles. The monoisotopic (exact) mass is 298 g/mol. The van der Waals surface area contributed by atoms with Crippen molar-refractivity contribution in [2.75, 3.05) is 52.9 Å². The van der Waals surface area contributed by atoms with Crippen LogP contribution in [0.4, 0.5) is 0 Å². The molecule has 0 bridgehead atoms. The van der Waals surface area contributed by atoms with Gasteiger partial charge in [-0.05, 0) is 19.9 Å². The lowest BCUT2D eigenvalue weighted by Gasteiger charge is -2.33. The Bertz CT molecular complexity index is 371. The highest BCUT2D eigenvalue weighted by Gasteiger charge is 2.27. The van der Waals surface area contributed by atoms with E-state index < -0.39 is 0 Å². The number of carbonyl (C=O) groups is 2. The molecule has 0 aromatic rings. The Morgan fingerprint density at radius 3 is 2.95 bits per heavy atom. The minimum absolute atomic E-state index is 0.0622. The number of ether oxygens (including phenoxy) is 1. The van der Waals surface area contributed by atoms with E-state index in [2.05, 4.69) is 5.32 Å². The van der Waals surface area contributed by atoms with E-state index in [4.69, 9.17) is 10.5 Å². The standard InChI is InChI=1S/C14H26N4O3/c1-17(9-12-7-16-4-6-21-12)10-13(19)18-5-2-3-11(8-18)14(15)20/h11-12,16H,2-10H2,1H3,(H2,15,20). The SMILES string of the molecule is CN(CC(=O)N1CCCC(C(N)=O)C1)CC1CNCCO1. The summed E-state index contributed by atoms with van der Waals surface area (Å²) in [5.74, 6) is -0.436. The van der Waals surface area contributed by atoms with Gasteiger partial charge >= 0.3 is 0 Å². The number of nitrogens with two attached hydrogens (primary N) is 1. The van der Waals surface area contributed by atoms with Gasteiger partial charge in [-0.3, -0.25) is 14.5 Å². The van der Waals surface area contributed by atoms with Crippen molar-refractivity contribution in [3.8, 4) is 0 Å². The molecule has 21 heavy (non-hydrogen) atoms. The zero-order chi connectivity index (χ0) is 15.2. The van der Waals surface area contributed by atoms with Gasteiger partial charge in [0.2, 0.25) is 11.8 Å². The molecule has 7 nitrogen and oxygen atoms in total. The van der Waals surface area contributed by atoms with Crippen molar-refractivity contribution < 1.29 is 14.3 Å². The first-order valence-corrected chi connectivity index (χ1v) is 7.64. The van der Waals surface area contributed by atoms with E-state index in [0.29, 0.717) is 13.1 Å². The van der Waals surface area contributed by atoms with Gasteiger partial charge in [-0.2, -0.15) is 0 Å². The summed E-state index contributed by atoms with van der Waals surface area (Å²) in [4.78, 5) is 27.3. The summed E-state index contributed by atoms with van der Waals surface area (Å²) in [7, 11) is 1.92. The number of likely N-dealkylation sites (tertiary alicyclic amines) is 1. The number of nitrogens with zero attached hydrogens (tertiary/aromatic N) is 2. The molecule has 2 unspecified atom stereocenters. The van der Waals surface area contributed by atoms with Gasteiger partial charge in [0.15, 0.2) is 0 Å². The van der Waals surface area contributed by atoms with Gasteiger partial charge in [0.25, 0.3) is 0 Å². The smallest absolute Gasteiger partial charge is 0.236 e. The molecule has 120 valence electrons. The number of likely N-dealkylation sites (N-methyl/N-ethyl adjacent to an activating group) is 1. The van der Waals surface area contributed by atoms with Crippen LogP contribution in [0.5, 0.6) is 0 Å². The molecule has 2 heterocycles. The second-order valence-corrected chi connectivity index (χ2v) is 5.97. The van der Waals surface area contributed by atoms with Crippen molar-refractivity contribution in [1.29, 1.82) is 0 Å². The topological polar surface area (TPSA) is 87.9 Å². The lowest BCUT2D eigenvalue weighted by atomic mass is 9.97. The van der Waals surface area contributed by atoms with E-state index >= 15 is 0 Å². The van der Waals surface area contributed by atoms with E-state index in [9.17, 15) is 9.59 Å². The van der Waals surface area contributed by atoms with Crippen molar-refractivity contribution in [2.45, 2.75) is 18.9 Å². The van der Waals surface area contributed by atoms with Crippen LogP contribution in [0.3, 0.4) is 0 Å². The molecule has 0 radical (unpaired) electrons. The molecule has 3 N–H and O–H groups in total. The Hall–Kier alpha value is -1.18. The van der Waals surface area contributed by atoms with Gasteiger partial charge in [-0.15, -0.1) is 0 Å². The van der Waals surface area contributed by atoms with E-state index in [1.165, 1.54) is 0 Å². The molecule has 2 aliphatic heterocycles. The number of piperidine rings is 1. The number of morpholine rings is 1. The first-order valence-electron chi connectivity index (χ1n) is 7.64. The predicted molar refractivity (Wildman–Crippen MR) is 78.6 cm³/mol. The van der Waals surface area contributed by atoms with Crippen LogP contribution in [0, 0.1) is 5.92 Å². The van der Waals surface area contributed by atoms with Gasteiger partial charge in [0.05, 0.1) is 25.2 Å². The molecule has 7 heteroatoms. The quantitative estimate of drug-likeness (QED) is 0.654. The minimum atomic E-state index is -0.303. The average Bonchev–Trinajstić information content (AvgIpc) is 2.48. The lowest BCUT2D eigenvalue weighted by Crippen LogP contribution is -2.49. The first kappa shape index (κ1) is 16.2. The molecular weight excluding hydrogens is 272 g/mol. The highest BCUT2D eigenvalue weighted by molar-refractivity contribution is 5.81. The van der Waals surface area contributed by atoms with Crippen LogP contribution in [-0.2, 0) is 14.3 Å². The van der Waals surface area contributed by atoms with Crippen LogP contribution in [0.1, 0.15) is 12.8 Å². The number of hydrogen-bond donors (Lipinski definition) is 2. The maximum atomic E-state index is 12.3. The number of amides is 2. The fourth-order valence-corrected chi connectivity index (χ4v) is 2.92. The molecule has 2 rings (SSSR count). The van der Waals surface area contributed by atoms with Gasteiger partial charge < -0.3 is 20.7 Å². The number of rotatable bonds is 5. The van der Waals surface area contributed by atoms with Crippen molar-refractivity contribution in [3.05, 3.63) is 0 Å². The molecule has 2 aliphatic rings. The summed E-state index contributed by atoms with van der Waals surface area (Å²) in [6.07, 6.45) is 1.77. The molecule has 0 saturated carbocycles. The zero-order valence-electron chi connectivity index (χ0n) is 12.7. The van der Waals surface area contributed by atoms with Crippen LogP contribution in [-0.4, -0.2) is 80.6 Å². The van der Waals surface area contributed by atoms with Crippen molar-refractivity contribution in [3.63, 3.8) is 0 Å². The highest BCUT2D eigenvalue weighted by atomic mass is 16.5. The van der Waals surface area contributed by atoms with Crippen molar-refractivity contribution in [2.24, 2.45) is 11.7 Å². The van der Waals surface area contributed by atoms with E-state index in [1.807, 2.05) is 11.9 Å². The molecular formula is C14H26N4O3. The van der Waals surface area contributed by atoms with Gasteiger partial charge in [-0.1, -0.05) is 0 Å². The number of nitrogens with one attached hydrogen (secondary N) is 1. The second-order valence-electron chi connectivity index (χ2n) is 5.97. The van der Waals surface area contributed by atoms with E-state index in [-0.39, 0.29) is 23.8 Å². The summed E-state index contributed by atoms with van der Waals surface area (Å²) in [5.41, 5.74) is 5.34. The van der Waals surface area contributed by atoms with Crippen LogP contribution < -0.4 is 11.1 Å². The lowest BCUT2D eigenvalue weighted by molar-refractivity contribution is -0.136. The molecule has 2 fully saturated rings. The Labute approximate surface area is 125 Å². The van der Waals surface area contributed by atoms with E-state index in [0.717, 1.165) is 45.6 Å². The predicted octanol–water partition coefficient (Wildman–Crippen LogP) is -1.37.